The third-order valence-electron chi connectivity index (χ3n) is 7.25. The van der Waals surface area contributed by atoms with Crippen molar-refractivity contribution in [1.82, 2.24) is 34.4 Å². The Kier molecular flexibility index (Phi) is 7.41. The zero-order chi connectivity index (χ0) is 26.6. The number of piperazine rings is 1. The van der Waals surface area contributed by atoms with E-state index < -0.39 is 0 Å². The van der Waals surface area contributed by atoms with Crippen LogP contribution in [0.25, 0.3) is 17.4 Å². The first-order valence-corrected chi connectivity index (χ1v) is 13.4. The first kappa shape index (κ1) is 25.3. The topological polar surface area (TPSA) is 136 Å². The Morgan fingerprint density at radius 2 is 1.92 bits per heavy atom. The average Bonchev–Trinajstić information content (AvgIpc) is 3.65. The number of piperidine rings is 1. The van der Waals surface area contributed by atoms with Gasteiger partial charge in [-0.05, 0) is 43.0 Å². The highest BCUT2D eigenvalue weighted by Crippen LogP contribution is 2.25. The first-order chi connectivity index (χ1) is 19.2. The van der Waals surface area contributed by atoms with Crippen LogP contribution in [0.3, 0.4) is 0 Å². The van der Waals surface area contributed by atoms with Crippen molar-refractivity contribution in [3.63, 3.8) is 0 Å². The summed E-state index contributed by atoms with van der Waals surface area (Å²) in [6.45, 7) is 7.85. The van der Waals surface area contributed by atoms with Gasteiger partial charge in [0.1, 0.15) is 18.2 Å². The lowest BCUT2D eigenvalue weighted by atomic mass is 9.97. The van der Waals surface area contributed by atoms with Gasteiger partial charge in [0.2, 0.25) is 17.7 Å². The monoisotopic (exact) mass is 534 g/mol. The van der Waals surface area contributed by atoms with Gasteiger partial charge in [-0.25, -0.2) is 4.98 Å². The number of methoxy groups -OCH3 is 1. The molecule has 0 bridgehead atoms. The molecule has 2 aliphatic heterocycles. The molecule has 0 aliphatic carbocycles. The van der Waals surface area contributed by atoms with E-state index in [1.54, 1.807) is 31.7 Å². The van der Waals surface area contributed by atoms with Crippen molar-refractivity contribution in [2.45, 2.75) is 12.8 Å². The molecule has 0 radical (unpaired) electrons. The number of nitrogen functional groups attached to an aromatic ring is 1. The van der Waals surface area contributed by atoms with Crippen LogP contribution >= 0.6 is 0 Å². The summed E-state index contributed by atoms with van der Waals surface area (Å²) in [6.07, 6.45) is 5.66. The van der Waals surface area contributed by atoms with E-state index in [1.807, 2.05) is 12.1 Å². The maximum Gasteiger partial charge on any atom is 0.259 e. The second-order valence-corrected chi connectivity index (χ2v) is 9.94. The van der Waals surface area contributed by atoms with Gasteiger partial charge in [-0.15, -0.1) is 5.10 Å². The fraction of sp³-hybridized carbons (Fsp3) is 0.500. The highest BCUT2D eigenvalue weighted by Gasteiger charge is 2.27. The van der Waals surface area contributed by atoms with Gasteiger partial charge in [-0.2, -0.15) is 19.5 Å². The number of hydrogen-bond acceptors (Lipinski definition) is 12. The van der Waals surface area contributed by atoms with Crippen molar-refractivity contribution >= 4 is 23.5 Å². The molecule has 4 aromatic heterocycles. The maximum absolute atomic E-state index is 6.23. The summed E-state index contributed by atoms with van der Waals surface area (Å²) in [4.78, 5) is 25.5. The Hall–Kier alpha value is -3.97. The number of rotatable bonds is 9. The molecular formula is C26H34N10O3. The molecule has 0 spiro atoms. The normalized spacial score (nSPS) is 18.6. The Morgan fingerprint density at radius 1 is 1.03 bits per heavy atom. The SMILES string of the molecule is COCCOc1ccc(N2CCN(CC3CCCN(c4nc(N)n5nc(-c6ccco6)nc5n4)C3)CC2)nc1. The minimum atomic E-state index is 0.265. The molecule has 2 aliphatic rings. The van der Waals surface area contributed by atoms with E-state index in [2.05, 4.69) is 39.7 Å². The van der Waals surface area contributed by atoms with E-state index in [0.717, 1.165) is 63.8 Å². The molecule has 0 saturated carbocycles. The molecule has 206 valence electrons. The van der Waals surface area contributed by atoms with E-state index >= 15 is 0 Å². The fourth-order valence-electron chi connectivity index (χ4n) is 5.25. The van der Waals surface area contributed by atoms with E-state index in [4.69, 9.17) is 19.6 Å². The zero-order valence-corrected chi connectivity index (χ0v) is 22.1. The largest absolute Gasteiger partial charge is 0.490 e. The Bertz CT molecular complexity index is 1350. The van der Waals surface area contributed by atoms with Gasteiger partial charge in [-0.3, -0.25) is 4.90 Å². The Morgan fingerprint density at radius 3 is 2.69 bits per heavy atom. The van der Waals surface area contributed by atoms with Crippen molar-refractivity contribution in [1.29, 1.82) is 0 Å². The van der Waals surface area contributed by atoms with Crippen LogP contribution in [0.1, 0.15) is 12.8 Å². The first-order valence-electron chi connectivity index (χ1n) is 13.4. The molecule has 2 saturated heterocycles. The molecular weight excluding hydrogens is 500 g/mol. The number of pyridine rings is 1. The summed E-state index contributed by atoms with van der Waals surface area (Å²) in [7, 11) is 1.66. The predicted octanol–water partition coefficient (Wildman–Crippen LogP) is 1.82. The Balaban J connectivity index is 1.03. The number of ether oxygens (including phenoxy) is 2. The van der Waals surface area contributed by atoms with E-state index in [1.165, 1.54) is 10.9 Å². The number of furan rings is 1. The third kappa shape index (κ3) is 5.73. The molecule has 0 aromatic carbocycles. The lowest BCUT2D eigenvalue weighted by molar-refractivity contribution is 0.146. The summed E-state index contributed by atoms with van der Waals surface area (Å²) in [5, 5.41) is 4.40. The second kappa shape index (κ2) is 11.4. The highest BCUT2D eigenvalue weighted by atomic mass is 16.5. The summed E-state index contributed by atoms with van der Waals surface area (Å²) in [5.41, 5.74) is 6.23. The smallest absolute Gasteiger partial charge is 0.259 e. The van der Waals surface area contributed by atoms with Crippen LogP contribution in [0.5, 0.6) is 5.75 Å². The van der Waals surface area contributed by atoms with Crippen LogP contribution in [0.4, 0.5) is 17.7 Å². The molecule has 2 fully saturated rings. The highest BCUT2D eigenvalue weighted by molar-refractivity contribution is 5.53. The van der Waals surface area contributed by atoms with Gasteiger partial charge >= 0.3 is 0 Å². The number of anilines is 3. The maximum atomic E-state index is 6.23. The van der Waals surface area contributed by atoms with E-state index in [0.29, 0.717) is 42.4 Å². The molecule has 4 aromatic rings. The minimum absolute atomic E-state index is 0.265. The van der Waals surface area contributed by atoms with Crippen LogP contribution in [0.2, 0.25) is 0 Å². The number of nitrogens with two attached hydrogens (primary N) is 1. The standard InChI is InChI=1S/C26H34N10O3/c1-37-14-15-38-20-6-7-22(28-16-20)34-11-9-33(10-12-34)17-19-4-2-8-35(18-19)25-30-24(27)36-26(31-25)29-23(32-36)21-5-3-13-39-21/h3,5-7,13,16,19H,2,4,8-12,14-15,17-18H2,1H3,(H2,27,29,30,31,32). The van der Waals surface area contributed by atoms with Gasteiger partial charge in [0.05, 0.1) is 19.1 Å². The van der Waals surface area contributed by atoms with Crippen LogP contribution < -0.4 is 20.3 Å². The molecule has 0 amide bonds. The quantitative estimate of drug-likeness (QED) is 0.314. The van der Waals surface area contributed by atoms with Crippen LogP contribution in [0, 0.1) is 5.92 Å². The van der Waals surface area contributed by atoms with E-state index in [9.17, 15) is 0 Å². The van der Waals surface area contributed by atoms with Gasteiger partial charge < -0.3 is 29.4 Å². The van der Waals surface area contributed by atoms with Gasteiger partial charge in [0.15, 0.2) is 5.76 Å². The van der Waals surface area contributed by atoms with Crippen molar-refractivity contribution < 1.29 is 13.9 Å². The van der Waals surface area contributed by atoms with Crippen molar-refractivity contribution in [2.75, 3.05) is 81.7 Å². The molecule has 13 nitrogen and oxygen atoms in total. The number of aromatic nitrogens is 6. The van der Waals surface area contributed by atoms with Crippen molar-refractivity contribution in [3.8, 4) is 17.3 Å². The van der Waals surface area contributed by atoms with Crippen LogP contribution in [-0.4, -0.2) is 101 Å². The van der Waals surface area contributed by atoms with Gasteiger partial charge in [0, 0.05) is 52.9 Å². The second-order valence-electron chi connectivity index (χ2n) is 9.94. The van der Waals surface area contributed by atoms with Crippen LogP contribution in [-0.2, 0) is 4.74 Å². The summed E-state index contributed by atoms with van der Waals surface area (Å²) < 4.78 is 17.5. The molecule has 1 atom stereocenters. The molecule has 39 heavy (non-hydrogen) atoms. The number of nitrogens with zero attached hydrogens (tertiary/aromatic N) is 9. The Labute approximate surface area is 226 Å². The third-order valence-corrected chi connectivity index (χ3v) is 7.25. The average molecular weight is 535 g/mol. The fourth-order valence-corrected chi connectivity index (χ4v) is 5.25. The lowest BCUT2D eigenvalue weighted by Crippen LogP contribution is -2.50. The number of hydrogen-bond donors (Lipinski definition) is 1. The van der Waals surface area contributed by atoms with Crippen LogP contribution in [0.15, 0.2) is 41.1 Å². The summed E-state index contributed by atoms with van der Waals surface area (Å²) >= 11 is 0. The van der Waals surface area contributed by atoms with Crippen molar-refractivity contribution in [3.05, 3.63) is 36.7 Å². The zero-order valence-electron chi connectivity index (χ0n) is 22.1. The van der Waals surface area contributed by atoms with E-state index in [-0.39, 0.29) is 5.95 Å². The summed E-state index contributed by atoms with van der Waals surface area (Å²) in [5.74, 6) is 4.59. The lowest BCUT2D eigenvalue weighted by Gasteiger charge is -2.39. The van der Waals surface area contributed by atoms with Gasteiger partial charge in [0.25, 0.3) is 5.78 Å². The predicted molar refractivity (Wildman–Crippen MR) is 146 cm³/mol. The minimum Gasteiger partial charge on any atom is -0.490 e. The molecule has 1 unspecified atom stereocenters. The molecule has 6 heterocycles. The number of fused-ring (bicyclic) bond motifs is 1. The molecule has 2 N–H and O–H groups in total. The summed E-state index contributed by atoms with van der Waals surface area (Å²) in [6, 6.07) is 7.61. The van der Waals surface area contributed by atoms with Crippen molar-refractivity contribution in [2.24, 2.45) is 5.92 Å². The molecule has 6 rings (SSSR count). The van der Waals surface area contributed by atoms with Gasteiger partial charge in [-0.1, -0.05) is 0 Å². The molecule has 13 heteroatoms.